The van der Waals surface area contributed by atoms with E-state index in [1.54, 1.807) is 58.3 Å². The fraction of sp³-hybridized carbons (Fsp3) is 0.385. The summed E-state index contributed by atoms with van der Waals surface area (Å²) in [5.41, 5.74) is 1.01. The zero-order valence-corrected chi connectivity index (χ0v) is 18.9. The number of carbonyl (C=O) groups excluding carboxylic acids is 4. The molecule has 0 aromatic heterocycles. The molecular weight excluding hydrogens is 418 g/mol. The maximum Gasteiger partial charge on any atom is 0.254 e. The molecule has 3 atom stereocenters. The van der Waals surface area contributed by atoms with Gasteiger partial charge in [-0.3, -0.25) is 19.2 Å². The molecule has 2 aliphatic rings. The highest BCUT2D eigenvalue weighted by atomic mass is 16.2. The van der Waals surface area contributed by atoms with Crippen molar-refractivity contribution in [1.29, 1.82) is 0 Å². The maximum absolute atomic E-state index is 13.5. The van der Waals surface area contributed by atoms with Crippen molar-refractivity contribution >= 4 is 23.5 Å². The number of carbonyl (C=O) groups is 4. The van der Waals surface area contributed by atoms with Crippen LogP contribution in [-0.2, 0) is 9.59 Å². The highest BCUT2D eigenvalue weighted by molar-refractivity contribution is 6.03. The summed E-state index contributed by atoms with van der Waals surface area (Å²) in [4.78, 5) is 55.4. The summed E-state index contributed by atoms with van der Waals surface area (Å²) in [7, 11) is 0. The lowest BCUT2D eigenvalue weighted by atomic mass is 10.0. The lowest BCUT2D eigenvalue weighted by Gasteiger charge is -2.29. The van der Waals surface area contributed by atoms with E-state index in [1.807, 2.05) is 26.0 Å². The summed E-state index contributed by atoms with van der Waals surface area (Å²) < 4.78 is 0. The number of rotatable bonds is 6. The third kappa shape index (κ3) is 4.67. The van der Waals surface area contributed by atoms with Gasteiger partial charge >= 0.3 is 0 Å². The lowest BCUT2D eigenvalue weighted by molar-refractivity contribution is -0.138. The first-order chi connectivity index (χ1) is 15.9. The van der Waals surface area contributed by atoms with Crippen molar-refractivity contribution in [2.24, 2.45) is 5.92 Å². The minimum absolute atomic E-state index is 0.00192. The number of nitrogens with one attached hydrogen (secondary N) is 1. The van der Waals surface area contributed by atoms with E-state index in [4.69, 9.17) is 0 Å². The summed E-state index contributed by atoms with van der Waals surface area (Å²) in [5, 5.41) is 2.87. The van der Waals surface area contributed by atoms with Crippen molar-refractivity contribution in [2.45, 2.75) is 44.8 Å². The number of benzene rings is 2. The van der Waals surface area contributed by atoms with Gasteiger partial charge in [0.05, 0.1) is 12.6 Å². The smallest absolute Gasteiger partial charge is 0.254 e. The molecule has 0 aliphatic carbocycles. The molecule has 7 heteroatoms. The zero-order valence-electron chi connectivity index (χ0n) is 18.9. The molecule has 2 aliphatic heterocycles. The van der Waals surface area contributed by atoms with E-state index in [2.05, 4.69) is 5.32 Å². The zero-order chi connectivity index (χ0) is 23.5. The van der Waals surface area contributed by atoms with Gasteiger partial charge in [-0.25, -0.2) is 0 Å². The van der Waals surface area contributed by atoms with Crippen LogP contribution in [0, 0.1) is 5.92 Å². The fourth-order valence-corrected chi connectivity index (χ4v) is 4.81. The van der Waals surface area contributed by atoms with Gasteiger partial charge in [0.15, 0.2) is 5.78 Å². The second-order valence-electron chi connectivity index (χ2n) is 9.12. The molecule has 0 bridgehead atoms. The van der Waals surface area contributed by atoms with Crippen molar-refractivity contribution < 1.29 is 19.2 Å². The number of amides is 3. The van der Waals surface area contributed by atoms with Crippen molar-refractivity contribution in [2.75, 3.05) is 13.1 Å². The molecule has 33 heavy (non-hydrogen) atoms. The Balaban J connectivity index is 1.51. The molecule has 2 aromatic carbocycles. The van der Waals surface area contributed by atoms with Gasteiger partial charge in [0.25, 0.3) is 11.8 Å². The Hall–Kier alpha value is -3.48. The monoisotopic (exact) mass is 447 g/mol. The molecule has 0 unspecified atom stereocenters. The van der Waals surface area contributed by atoms with Crippen molar-refractivity contribution in [3.05, 3.63) is 71.8 Å². The van der Waals surface area contributed by atoms with Crippen LogP contribution in [0.15, 0.2) is 60.7 Å². The summed E-state index contributed by atoms with van der Waals surface area (Å²) >= 11 is 0. The van der Waals surface area contributed by atoms with Crippen LogP contribution >= 0.6 is 0 Å². The average molecular weight is 448 g/mol. The highest BCUT2D eigenvalue weighted by Gasteiger charge is 2.52. The van der Waals surface area contributed by atoms with Crippen molar-refractivity contribution in [1.82, 2.24) is 15.1 Å². The quantitative estimate of drug-likeness (QED) is 0.737. The molecule has 0 radical (unpaired) electrons. The van der Waals surface area contributed by atoms with Crippen molar-refractivity contribution in [3.63, 3.8) is 0 Å². The average Bonchev–Trinajstić information content (AvgIpc) is 3.40. The lowest BCUT2D eigenvalue weighted by Crippen LogP contribution is -2.53. The molecule has 4 rings (SSSR count). The van der Waals surface area contributed by atoms with E-state index in [9.17, 15) is 19.2 Å². The summed E-state index contributed by atoms with van der Waals surface area (Å²) in [5.74, 6) is -0.731. The number of ketones is 1. The topological polar surface area (TPSA) is 86.8 Å². The summed E-state index contributed by atoms with van der Waals surface area (Å²) in [6.07, 6.45) is 1.01. The molecule has 2 saturated heterocycles. The van der Waals surface area contributed by atoms with E-state index in [0.717, 1.165) is 0 Å². The van der Waals surface area contributed by atoms with Crippen LogP contribution in [0.2, 0.25) is 0 Å². The van der Waals surface area contributed by atoms with Crippen LogP contribution in [0.1, 0.15) is 47.4 Å². The van der Waals surface area contributed by atoms with Gasteiger partial charge in [-0.1, -0.05) is 50.2 Å². The van der Waals surface area contributed by atoms with Crippen LogP contribution in [0.3, 0.4) is 0 Å². The Morgan fingerprint density at radius 1 is 0.939 bits per heavy atom. The normalized spacial score (nSPS) is 20.6. The Morgan fingerprint density at radius 2 is 1.55 bits per heavy atom. The first kappa shape index (κ1) is 22.7. The van der Waals surface area contributed by atoms with Gasteiger partial charge in [-0.15, -0.1) is 0 Å². The molecule has 2 fully saturated rings. The summed E-state index contributed by atoms with van der Waals surface area (Å²) in [6, 6.07) is 15.9. The van der Waals surface area contributed by atoms with Gasteiger partial charge in [0, 0.05) is 17.7 Å². The van der Waals surface area contributed by atoms with E-state index in [1.165, 1.54) is 0 Å². The largest absolute Gasteiger partial charge is 0.340 e. The number of hydrogen-bond acceptors (Lipinski definition) is 4. The third-order valence-corrected chi connectivity index (χ3v) is 6.33. The van der Waals surface area contributed by atoms with E-state index in [-0.39, 0.29) is 42.0 Å². The number of Topliss-reactive ketones (excluding diaryl/α,β-unsaturated/α-hetero) is 1. The highest BCUT2D eigenvalue weighted by Crippen LogP contribution is 2.31. The Labute approximate surface area is 193 Å². The number of hydrogen-bond donors (Lipinski definition) is 1. The standard InChI is InChI=1S/C26H29N3O4/c1-17(2)15-20(27-24(31)18-9-5-3-6-10-18)26(33)28-14-13-21-23(28)22(30)16-29(21)25(32)19-11-7-4-8-12-19/h3-12,17,20-21,23H,13-16H2,1-2H3,(H,27,31)/t20-,21+,23-/m0/s1. The first-order valence-corrected chi connectivity index (χ1v) is 11.4. The second kappa shape index (κ2) is 9.57. The Kier molecular flexibility index (Phi) is 6.58. The van der Waals surface area contributed by atoms with Crippen molar-refractivity contribution in [3.8, 4) is 0 Å². The summed E-state index contributed by atoms with van der Waals surface area (Å²) in [6.45, 7) is 4.36. The van der Waals surface area contributed by atoms with Crippen LogP contribution in [0.5, 0.6) is 0 Å². The molecule has 1 N–H and O–H groups in total. The molecule has 3 amide bonds. The number of nitrogens with zero attached hydrogens (tertiary/aromatic N) is 2. The molecular formula is C26H29N3O4. The molecule has 7 nitrogen and oxygen atoms in total. The van der Waals surface area contributed by atoms with Crippen LogP contribution in [-0.4, -0.2) is 64.5 Å². The molecule has 2 heterocycles. The van der Waals surface area contributed by atoms with Gasteiger partial charge in [-0.05, 0) is 43.0 Å². The minimum atomic E-state index is -0.733. The molecule has 172 valence electrons. The maximum atomic E-state index is 13.5. The Bertz CT molecular complexity index is 1040. The second-order valence-corrected chi connectivity index (χ2v) is 9.12. The van der Waals surface area contributed by atoms with Crippen LogP contribution < -0.4 is 5.32 Å². The van der Waals surface area contributed by atoms with Gasteiger partial charge in [-0.2, -0.15) is 0 Å². The molecule has 0 saturated carbocycles. The minimum Gasteiger partial charge on any atom is -0.340 e. The first-order valence-electron chi connectivity index (χ1n) is 11.4. The number of likely N-dealkylation sites (tertiary alicyclic amines) is 2. The molecule has 0 spiro atoms. The number of fused-ring (bicyclic) bond motifs is 1. The van der Waals surface area contributed by atoms with Crippen LogP contribution in [0.4, 0.5) is 0 Å². The van der Waals surface area contributed by atoms with Gasteiger partial charge in [0.1, 0.15) is 12.1 Å². The van der Waals surface area contributed by atoms with E-state index in [0.29, 0.717) is 30.5 Å². The Morgan fingerprint density at radius 3 is 2.15 bits per heavy atom. The predicted molar refractivity (Wildman–Crippen MR) is 124 cm³/mol. The third-order valence-electron chi connectivity index (χ3n) is 6.33. The SMILES string of the molecule is CC(C)C[C@H](NC(=O)c1ccccc1)C(=O)N1CC[C@@H]2[C@H]1C(=O)CN2C(=O)c1ccccc1. The van der Waals surface area contributed by atoms with E-state index < -0.39 is 12.1 Å². The van der Waals surface area contributed by atoms with E-state index >= 15 is 0 Å². The van der Waals surface area contributed by atoms with Crippen LogP contribution in [0.25, 0.3) is 0 Å². The van der Waals surface area contributed by atoms with Gasteiger partial charge < -0.3 is 15.1 Å². The fourth-order valence-electron chi connectivity index (χ4n) is 4.81. The van der Waals surface area contributed by atoms with Gasteiger partial charge in [0.2, 0.25) is 5.91 Å². The molecule has 2 aromatic rings. The predicted octanol–water partition coefficient (Wildman–Crippen LogP) is 2.53.